The summed E-state index contributed by atoms with van der Waals surface area (Å²) in [5.74, 6) is 0. The summed E-state index contributed by atoms with van der Waals surface area (Å²) in [4.78, 5) is 2.46. The molecule has 3 nitrogen and oxygen atoms in total. The second-order valence-electron chi connectivity index (χ2n) is 16.1. The number of rotatable bonds is 5. The topological polar surface area (TPSA) is 21.3 Å². The van der Waals surface area contributed by atoms with E-state index in [2.05, 4.69) is 216 Å². The van der Waals surface area contributed by atoms with E-state index in [1.165, 1.54) is 53.9 Å². The fourth-order valence-electron chi connectivity index (χ4n) is 9.94. The zero-order valence-electron chi connectivity index (χ0n) is 33.1. The van der Waals surface area contributed by atoms with Crippen molar-refractivity contribution in [3.8, 4) is 16.8 Å². The largest absolute Gasteiger partial charge is 0.456 e. The molecule has 0 saturated carbocycles. The normalized spacial score (nSPS) is 11.9. The summed E-state index contributed by atoms with van der Waals surface area (Å²) in [5.41, 5.74) is 10.8. The average molecular weight is 777 g/mol. The Hall–Kier alpha value is -8.14. The second-order valence-corrected chi connectivity index (χ2v) is 16.1. The lowest BCUT2D eigenvalue weighted by Gasteiger charge is -2.29. The van der Waals surface area contributed by atoms with Gasteiger partial charge in [-0.15, -0.1) is 0 Å². The number of aromatic nitrogens is 1. The van der Waals surface area contributed by atoms with Gasteiger partial charge in [0.05, 0.1) is 22.4 Å². The van der Waals surface area contributed by atoms with Crippen LogP contribution in [0.25, 0.3) is 104 Å². The van der Waals surface area contributed by atoms with Gasteiger partial charge >= 0.3 is 0 Å². The van der Waals surface area contributed by atoms with Crippen LogP contribution in [0.2, 0.25) is 0 Å². The van der Waals surface area contributed by atoms with E-state index in [-0.39, 0.29) is 0 Å². The van der Waals surface area contributed by atoms with Gasteiger partial charge in [-0.1, -0.05) is 158 Å². The van der Waals surface area contributed by atoms with E-state index in [4.69, 9.17) is 4.42 Å². The molecule has 2 aromatic heterocycles. The highest BCUT2D eigenvalue weighted by molar-refractivity contribution is 6.20. The highest BCUT2D eigenvalue weighted by atomic mass is 16.3. The van der Waals surface area contributed by atoms with E-state index < -0.39 is 0 Å². The summed E-state index contributed by atoms with van der Waals surface area (Å²) < 4.78 is 8.81. The van der Waals surface area contributed by atoms with Crippen molar-refractivity contribution in [2.45, 2.75) is 0 Å². The van der Waals surface area contributed by atoms with Crippen molar-refractivity contribution in [1.29, 1.82) is 0 Å². The van der Waals surface area contributed by atoms with Gasteiger partial charge in [-0.3, -0.25) is 0 Å². The van der Waals surface area contributed by atoms with E-state index >= 15 is 0 Å². The number of hydrogen-bond acceptors (Lipinski definition) is 2. The molecule has 0 radical (unpaired) electrons. The Labute approximate surface area is 351 Å². The molecule has 0 amide bonds. The van der Waals surface area contributed by atoms with Gasteiger partial charge in [0, 0.05) is 49.9 Å². The summed E-state index contributed by atoms with van der Waals surface area (Å²) in [6, 6.07) is 79.5. The third-order valence-corrected chi connectivity index (χ3v) is 12.7. The number of benzene rings is 11. The Kier molecular flexibility index (Phi) is 7.31. The van der Waals surface area contributed by atoms with Crippen molar-refractivity contribution in [2.24, 2.45) is 0 Å². The van der Waals surface area contributed by atoms with Gasteiger partial charge in [0.15, 0.2) is 0 Å². The summed E-state index contributed by atoms with van der Waals surface area (Å²) in [5, 5.41) is 14.6. The Morgan fingerprint density at radius 1 is 0.328 bits per heavy atom. The van der Waals surface area contributed by atoms with Crippen LogP contribution in [0.15, 0.2) is 223 Å². The molecule has 0 bridgehead atoms. The Morgan fingerprint density at radius 2 is 0.934 bits per heavy atom. The third-order valence-electron chi connectivity index (χ3n) is 12.7. The maximum Gasteiger partial charge on any atom is 0.137 e. The number of fused-ring (bicyclic) bond motifs is 12. The first-order chi connectivity index (χ1) is 30.2. The van der Waals surface area contributed by atoms with Gasteiger partial charge in [-0.25, -0.2) is 0 Å². The van der Waals surface area contributed by atoms with E-state index in [0.29, 0.717) is 0 Å². The standard InChI is InChI=1S/C58H36N2O/c1-2-14-39-34-41(27-24-37(39)12-1)59(55-22-11-19-45-47-29-25-38-13-3-4-15-43(38)46(47)32-33-49(45)55)53-20-8-5-16-44(53)40-26-30-50-48-17-6-9-21-54(48)60(56(50)35-40)42-28-31-52-51-18-7-10-23-57(51)61-58(52)36-42/h1-36H. The van der Waals surface area contributed by atoms with Gasteiger partial charge in [0.25, 0.3) is 0 Å². The highest BCUT2D eigenvalue weighted by Crippen LogP contribution is 2.46. The molecular formula is C58H36N2O. The molecule has 3 heteroatoms. The van der Waals surface area contributed by atoms with Crippen LogP contribution in [-0.4, -0.2) is 4.57 Å². The summed E-state index contributed by atoms with van der Waals surface area (Å²) >= 11 is 0. The number of para-hydroxylation sites is 3. The lowest BCUT2D eigenvalue weighted by Crippen LogP contribution is -2.12. The number of nitrogens with zero attached hydrogens (tertiary/aromatic N) is 2. The summed E-state index contributed by atoms with van der Waals surface area (Å²) in [6.07, 6.45) is 0. The number of hydrogen-bond donors (Lipinski definition) is 0. The maximum absolute atomic E-state index is 6.42. The SMILES string of the molecule is c1ccc(N(c2ccc3ccccc3c2)c2cccc3c2ccc2c4ccccc4ccc32)c(-c2ccc3c4ccccc4n(-c4ccc5c(c4)oc4ccccc45)c3c2)c1. The molecule has 13 rings (SSSR count). The molecule has 284 valence electrons. The minimum Gasteiger partial charge on any atom is -0.456 e. The Bertz CT molecular complexity index is 3910. The summed E-state index contributed by atoms with van der Waals surface area (Å²) in [7, 11) is 0. The maximum atomic E-state index is 6.42. The minimum absolute atomic E-state index is 0.883. The van der Waals surface area contributed by atoms with E-state index in [9.17, 15) is 0 Å². The van der Waals surface area contributed by atoms with Crippen molar-refractivity contribution in [3.63, 3.8) is 0 Å². The predicted molar refractivity (Wildman–Crippen MR) is 258 cm³/mol. The molecule has 61 heavy (non-hydrogen) atoms. The van der Waals surface area contributed by atoms with Crippen molar-refractivity contribution in [2.75, 3.05) is 4.90 Å². The monoisotopic (exact) mass is 776 g/mol. The van der Waals surface area contributed by atoms with Gasteiger partial charge in [0.1, 0.15) is 11.2 Å². The molecule has 0 aliphatic rings. The van der Waals surface area contributed by atoms with Crippen LogP contribution >= 0.6 is 0 Å². The van der Waals surface area contributed by atoms with Gasteiger partial charge < -0.3 is 13.9 Å². The van der Waals surface area contributed by atoms with Gasteiger partial charge in [-0.05, 0) is 97.9 Å². The second kappa shape index (κ2) is 13.2. The number of furan rings is 1. The van der Waals surface area contributed by atoms with Crippen LogP contribution in [-0.2, 0) is 0 Å². The molecular weight excluding hydrogens is 741 g/mol. The molecule has 11 aromatic carbocycles. The molecule has 0 atom stereocenters. The molecule has 0 N–H and O–H groups in total. The molecule has 0 aliphatic heterocycles. The Morgan fingerprint density at radius 3 is 1.87 bits per heavy atom. The fraction of sp³-hybridized carbons (Fsp3) is 0. The molecule has 13 aromatic rings. The molecule has 0 unspecified atom stereocenters. The average Bonchev–Trinajstić information content (AvgIpc) is 3.86. The van der Waals surface area contributed by atoms with Crippen molar-refractivity contribution < 1.29 is 4.42 Å². The van der Waals surface area contributed by atoms with E-state index in [0.717, 1.165) is 66.8 Å². The lowest BCUT2D eigenvalue weighted by atomic mass is 9.95. The highest BCUT2D eigenvalue weighted by Gasteiger charge is 2.22. The van der Waals surface area contributed by atoms with Crippen LogP contribution < -0.4 is 4.90 Å². The zero-order chi connectivity index (χ0) is 40.0. The fourth-order valence-corrected chi connectivity index (χ4v) is 9.94. The molecule has 0 aliphatic carbocycles. The Balaban J connectivity index is 1.05. The lowest BCUT2D eigenvalue weighted by molar-refractivity contribution is 0.668. The molecule has 0 fully saturated rings. The zero-order valence-corrected chi connectivity index (χ0v) is 33.1. The first kappa shape index (κ1) is 33.8. The molecule has 2 heterocycles. The third kappa shape index (κ3) is 5.17. The van der Waals surface area contributed by atoms with E-state index in [1.54, 1.807) is 0 Å². The molecule has 0 spiro atoms. The number of anilines is 3. The van der Waals surface area contributed by atoms with E-state index in [1.807, 2.05) is 12.1 Å². The first-order valence-corrected chi connectivity index (χ1v) is 20.9. The molecule has 0 saturated heterocycles. The van der Waals surface area contributed by atoms with Crippen molar-refractivity contribution in [1.82, 2.24) is 4.57 Å². The first-order valence-electron chi connectivity index (χ1n) is 20.9. The van der Waals surface area contributed by atoms with Crippen molar-refractivity contribution in [3.05, 3.63) is 218 Å². The van der Waals surface area contributed by atoms with Crippen LogP contribution in [0.5, 0.6) is 0 Å². The van der Waals surface area contributed by atoms with Crippen LogP contribution in [0.4, 0.5) is 17.1 Å². The predicted octanol–water partition coefficient (Wildman–Crippen LogP) is 16.4. The van der Waals surface area contributed by atoms with Crippen LogP contribution in [0, 0.1) is 0 Å². The van der Waals surface area contributed by atoms with Crippen LogP contribution in [0.1, 0.15) is 0 Å². The quantitative estimate of drug-likeness (QED) is 0.162. The smallest absolute Gasteiger partial charge is 0.137 e. The minimum atomic E-state index is 0.883. The van der Waals surface area contributed by atoms with Crippen molar-refractivity contribution >= 4 is 104 Å². The van der Waals surface area contributed by atoms with Gasteiger partial charge in [-0.2, -0.15) is 0 Å². The summed E-state index contributed by atoms with van der Waals surface area (Å²) in [6.45, 7) is 0. The van der Waals surface area contributed by atoms with Gasteiger partial charge in [0.2, 0.25) is 0 Å². The van der Waals surface area contributed by atoms with Crippen LogP contribution in [0.3, 0.4) is 0 Å².